The van der Waals surface area contributed by atoms with E-state index >= 15 is 0 Å². The van der Waals surface area contributed by atoms with Crippen molar-refractivity contribution in [1.29, 1.82) is 5.26 Å². The van der Waals surface area contributed by atoms with Crippen LogP contribution in [-0.4, -0.2) is 40.6 Å². The van der Waals surface area contributed by atoms with Crippen LogP contribution in [0.5, 0.6) is 0 Å². The van der Waals surface area contributed by atoms with Gasteiger partial charge >= 0.3 is 11.9 Å². The standard InChI is InChI=1S/C11H12N4O5S/c1-3-19-10(17)6(5-12)8(16)13-9-7(14-15-21-9)11(18)20-4-2/h6H,3-4H2,1-2H3,(H,13,16)/t6-/m0/s1. The molecule has 1 rings (SSSR count). The Hall–Kier alpha value is -2.54. The van der Waals surface area contributed by atoms with Crippen molar-refractivity contribution < 1.29 is 23.9 Å². The third-order valence-electron chi connectivity index (χ3n) is 2.11. The predicted molar refractivity (Wildman–Crippen MR) is 70.2 cm³/mol. The van der Waals surface area contributed by atoms with Crippen molar-refractivity contribution in [2.75, 3.05) is 18.5 Å². The molecule has 0 aliphatic heterocycles. The number of ether oxygens (including phenoxy) is 2. The molecule has 21 heavy (non-hydrogen) atoms. The summed E-state index contributed by atoms with van der Waals surface area (Å²) in [7, 11) is 0. The third kappa shape index (κ3) is 4.22. The van der Waals surface area contributed by atoms with Crippen LogP contribution in [0.4, 0.5) is 5.00 Å². The Balaban J connectivity index is 2.84. The lowest BCUT2D eigenvalue weighted by Gasteiger charge is -2.08. The highest BCUT2D eigenvalue weighted by Gasteiger charge is 2.30. The van der Waals surface area contributed by atoms with Crippen molar-refractivity contribution in [1.82, 2.24) is 9.59 Å². The molecule has 0 spiro atoms. The fourth-order valence-corrected chi connectivity index (χ4v) is 1.79. The van der Waals surface area contributed by atoms with Gasteiger partial charge in [-0.1, -0.05) is 4.49 Å². The lowest BCUT2D eigenvalue weighted by molar-refractivity contribution is -0.148. The maximum atomic E-state index is 11.9. The first-order valence-corrected chi connectivity index (χ1v) is 6.69. The molecule has 0 saturated heterocycles. The van der Waals surface area contributed by atoms with Gasteiger partial charge in [0.1, 0.15) is 0 Å². The number of carbonyl (C=O) groups excluding carboxylic acids is 3. The minimum atomic E-state index is -1.64. The van der Waals surface area contributed by atoms with Gasteiger partial charge in [-0.05, 0) is 13.8 Å². The Labute approximate surface area is 124 Å². The number of anilines is 1. The van der Waals surface area contributed by atoms with Gasteiger partial charge in [-0.15, -0.1) is 5.10 Å². The molecular weight excluding hydrogens is 300 g/mol. The number of nitrogens with zero attached hydrogens (tertiary/aromatic N) is 3. The second kappa shape index (κ2) is 7.91. The van der Waals surface area contributed by atoms with Gasteiger partial charge in [0, 0.05) is 11.5 Å². The average molecular weight is 312 g/mol. The monoisotopic (exact) mass is 312 g/mol. The van der Waals surface area contributed by atoms with Crippen LogP contribution in [0.25, 0.3) is 0 Å². The van der Waals surface area contributed by atoms with Crippen molar-refractivity contribution in [3.05, 3.63) is 5.69 Å². The normalized spacial score (nSPS) is 11.1. The van der Waals surface area contributed by atoms with E-state index in [0.717, 1.165) is 11.5 Å². The number of amides is 1. The third-order valence-corrected chi connectivity index (χ3v) is 2.75. The molecule has 9 nitrogen and oxygen atoms in total. The summed E-state index contributed by atoms with van der Waals surface area (Å²) in [6, 6.07) is 1.53. The van der Waals surface area contributed by atoms with E-state index in [9.17, 15) is 14.4 Å². The summed E-state index contributed by atoms with van der Waals surface area (Å²) >= 11 is 0.730. The van der Waals surface area contributed by atoms with E-state index in [1.54, 1.807) is 13.8 Å². The van der Waals surface area contributed by atoms with Gasteiger partial charge in [-0.2, -0.15) is 5.26 Å². The zero-order valence-electron chi connectivity index (χ0n) is 11.3. The van der Waals surface area contributed by atoms with Crippen molar-refractivity contribution in [2.24, 2.45) is 5.92 Å². The van der Waals surface area contributed by atoms with Gasteiger partial charge in [0.05, 0.1) is 19.3 Å². The number of hydrogen-bond donors (Lipinski definition) is 1. The molecule has 112 valence electrons. The van der Waals surface area contributed by atoms with E-state index in [4.69, 9.17) is 10.00 Å². The van der Waals surface area contributed by atoms with Crippen molar-refractivity contribution in [3.63, 3.8) is 0 Å². The number of nitrogens with one attached hydrogen (secondary N) is 1. The minimum Gasteiger partial charge on any atom is -0.465 e. The molecule has 1 N–H and O–H groups in total. The first kappa shape index (κ1) is 16.5. The molecule has 0 aromatic carbocycles. The molecule has 1 heterocycles. The van der Waals surface area contributed by atoms with Crippen molar-refractivity contribution in [3.8, 4) is 6.07 Å². The summed E-state index contributed by atoms with van der Waals surface area (Å²) in [5.74, 6) is -4.28. The fraction of sp³-hybridized carbons (Fsp3) is 0.455. The largest absolute Gasteiger partial charge is 0.465 e. The highest BCUT2D eigenvalue weighted by Crippen LogP contribution is 2.19. The summed E-state index contributed by atoms with van der Waals surface area (Å²) in [5.41, 5.74) is -0.184. The maximum absolute atomic E-state index is 11.9. The Kier molecular flexibility index (Phi) is 6.22. The molecule has 0 aliphatic carbocycles. The first-order valence-electron chi connectivity index (χ1n) is 5.91. The molecule has 0 saturated carbocycles. The van der Waals surface area contributed by atoms with Crippen LogP contribution >= 0.6 is 11.5 Å². The molecule has 1 atom stereocenters. The zero-order chi connectivity index (χ0) is 15.8. The number of nitriles is 1. The molecule has 10 heteroatoms. The molecule has 1 aromatic heterocycles. The van der Waals surface area contributed by atoms with Crippen LogP contribution in [0.3, 0.4) is 0 Å². The van der Waals surface area contributed by atoms with E-state index in [2.05, 4.69) is 19.6 Å². The van der Waals surface area contributed by atoms with E-state index < -0.39 is 23.8 Å². The van der Waals surface area contributed by atoms with Gasteiger partial charge < -0.3 is 14.8 Å². The smallest absolute Gasteiger partial charge is 0.362 e. The summed E-state index contributed by atoms with van der Waals surface area (Å²) < 4.78 is 12.9. The molecule has 0 aliphatic rings. The highest BCUT2D eigenvalue weighted by molar-refractivity contribution is 7.10. The van der Waals surface area contributed by atoms with Crippen LogP contribution in [0, 0.1) is 17.2 Å². The summed E-state index contributed by atoms with van der Waals surface area (Å²) in [5, 5.41) is 14.6. The van der Waals surface area contributed by atoms with Gasteiger partial charge in [0.2, 0.25) is 11.6 Å². The number of rotatable bonds is 6. The molecule has 0 fully saturated rings. The lowest BCUT2D eigenvalue weighted by atomic mass is 10.1. The topological polar surface area (TPSA) is 131 Å². The van der Waals surface area contributed by atoms with E-state index in [1.807, 2.05) is 0 Å². The van der Waals surface area contributed by atoms with E-state index in [0.29, 0.717) is 0 Å². The Morgan fingerprint density at radius 2 is 2.00 bits per heavy atom. The van der Waals surface area contributed by atoms with Crippen LogP contribution in [0.1, 0.15) is 24.3 Å². The fourth-order valence-electron chi connectivity index (χ4n) is 1.23. The second-order valence-corrected chi connectivity index (χ2v) is 4.23. The van der Waals surface area contributed by atoms with Crippen LogP contribution < -0.4 is 5.32 Å². The van der Waals surface area contributed by atoms with Crippen LogP contribution in [0.2, 0.25) is 0 Å². The SMILES string of the molecule is CCOC(=O)c1nnsc1NC(=O)[C@H](C#N)C(=O)OCC. The van der Waals surface area contributed by atoms with Crippen molar-refractivity contribution in [2.45, 2.75) is 13.8 Å². The minimum absolute atomic E-state index is 0.00278. The predicted octanol–water partition coefficient (Wildman–Crippen LogP) is 0.356. The summed E-state index contributed by atoms with van der Waals surface area (Å²) in [6.45, 7) is 3.34. The molecule has 0 radical (unpaired) electrons. The average Bonchev–Trinajstić information content (AvgIpc) is 2.88. The van der Waals surface area contributed by atoms with Gasteiger partial charge in [0.25, 0.3) is 5.91 Å². The molecule has 1 aromatic rings. The van der Waals surface area contributed by atoms with Crippen LogP contribution in [0.15, 0.2) is 0 Å². The first-order chi connectivity index (χ1) is 10.0. The maximum Gasteiger partial charge on any atom is 0.362 e. The number of aromatic nitrogens is 2. The molecular formula is C11H12N4O5S. The lowest BCUT2D eigenvalue weighted by Crippen LogP contribution is -2.30. The summed E-state index contributed by atoms with van der Waals surface area (Å²) in [6.07, 6.45) is 0. The van der Waals surface area contributed by atoms with Crippen LogP contribution in [-0.2, 0) is 19.1 Å². The number of esters is 2. The zero-order valence-corrected chi connectivity index (χ0v) is 12.1. The molecule has 1 amide bonds. The van der Waals surface area contributed by atoms with Crippen molar-refractivity contribution >= 4 is 34.4 Å². The Morgan fingerprint density at radius 3 is 2.57 bits per heavy atom. The van der Waals surface area contributed by atoms with E-state index in [1.165, 1.54) is 6.07 Å². The van der Waals surface area contributed by atoms with Gasteiger partial charge in [-0.3, -0.25) is 9.59 Å². The van der Waals surface area contributed by atoms with Gasteiger partial charge in [-0.25, -0.2) is 4.79 Å². The quantitative estimate of drug-likeness (QED) is 0.588. The van der Waals surface area contributed by atoms with E-state index in [-0.39, 0.29) is 23.9 Å². The Bertz CT molecular complexity index is 579. The Morgan fingerprint density at radius 1 is 1.33 bits per heavy atom. The number of carbonyl (C=O) groups is 3. The molecule has 0 bridgehead atoms. The molecule has 0 unspecified atom stereocenters. The summed E-state index contributed by atoms with van der Waals surface area (Å²) in [4.78, 5) is 34.9. The highest BCUT2D eigenvalue weighted by atomic mass is 32.1. The second-order valence-electron chi connectivity index (χ2n) is 3.47. The number of hydrogen-bond acceptors (Lipinski definition) is 9. The van der Waals surface area contributed by atoms with Gasteiger partial charge in [0.15, 0.2) is 5.00 Å².